The molecule has 0 amide bonds. The molecule has 3 heterocycles. The molecule has 0 aliphatic rings. The van der Waals surface area contributed by atoms with Crippen molar-refractivity contribution in [1.82, 2.24) is 13.7 Å². The van der Waals surface area contributed by atoms with Gasteiger partial charge in [0.25, 0.3) is 0 Å². The van der Waals surface area contributed by atoms with Crippen molar-refractivity contribution in [2.75, 3.05) is 0 Å². The third-order valence-electron chi connectivity index (χ3n) is 11.1. The number of nitriles is 2. The summed E-state index contributed by atoms with van der Waals surface area (Å²) in [7, 11) is 0. The van der Waals surface area contributed by atoms with E-state index in [1.54, 1.807) is 0 Å². The zero-order chi connectivity index (χ0) is 36.6. The molecule has 5 nitrogen and oxygen atoms in total. The summed E-state index contributed by atoms with van der Waals surface area (Å²) in [6, 6.07) is 66.0. The summed E-state index contributed by atoms with van der Waals surface area (Å²) in [4.78, 5) is 0. The van der Waals surface area contributed by atoms with Crippen molar-refractivity contribution >= 4 is 65.4 Å². The van der Waals surface area contributed by atoms with Gasteiger partial charge in [0.1, 0.15) is 0 Å². The molecule has 0 saturated carbocycles. The lowest BCUT2D eigenvalue weighted by Gasteiger charge is -2.16. The van der Waals surface area contributed by atoms with Gasteiger partial charge in [-0.3, -0.25) is 0 Å². The maximum Gasteiger partial charge on any atom is 0.0998 e. The predicted molar refractivity (Wildman–Crippen MR) is 224 cm³/mol. The number of para-hydroxylation sites is 4. The first kappa shape index (κ1) is 30.7. The maximum absolute atomic E-state index is 10.2. The summed E-state index contributed by atoms with van der Waals surface area (Å²) < 4.78 is 6.91. The lowest BCUT2D eigenvalue weighted by Crippen LogP contribution is -2.00. The van der Waals surface area contributed by atoms with E-state index in [4.69, 9.17) is 0 Å². The van der Waals surface area contributed by atoms with E-state index in [1.807, 2.05) is 36.4 Å². The summed E-state index contributed by atoms with van der Waals surface area (Å²) in [5.41, 5.74) is 12.8. The highest BCUT2D eigenvalue weighted by atomic mass is 15.0. The van der Waals surface area contributed by atoms with Crippen molar-refractivity contribution in [3.63, 3.8) is 0 Å². The van der Waals surface area contributed by atoms with Crippen LogP contribution in [0.1, 0.15) is 11.1 Å². The molecule has 11 aromatic rings. The zero-order valence-corrected chi connectivity index (χ0v) is 29.5. The second-order valence-corrected chi connectivity index (χ2v) is 14.0. The van der Waals surface area contributed by atoms with Gasteiger partial charge in [-0.1, -0.05) is 103 Å². The van der Waals surface area contributed by atoms with Gasteiger partial charge in [0.05, 0.1) is 62.1 Å². The average Bonchev–Trinajstić information content (AvgIpc) is 3.89. The van der Waals surface area contributed by atoms with Crippen molar-refractivity contribution in [2.45, 2.75) is 0 Å². The van der Waals surface area contributed by atoms with E-state index >= 15 is 0 Å². The summed E-state index contributed by atoms with van der Waals surface area (Å²) in [5, 5.41) is 26.9. The predicted octanol–water partition coefficient (Wildman–Crippen LogP) is 12.4. The molecule has 0 bridgehead atoms. The van der Waals surface area contributed by atoms with Crippen LogP contribution in [-0.4, -0.2) is 13.7 Å². The monoisotopic (exact) mass is 699 g/mol. The van der Waals surface area contributed by atoms with Gasteiger partial charge in [-0.2, -0.15) is 10.5 Å². The fourth-order valence-corrected chi connectivity index (χ4v) is 8.77. The molecule has 0 N–H and O–H groups in total. The SMILES string of the molecule is N#Cc1ccc(-c2ccc(-n3c4ccccc4c4c(C#N)cccc43)cc2)c(-n2c3ccccc3c3ccc(-n4c5ccccc5c5ccccc54)cc32)c1. The molecule has 11 rings (SSSR count). The minimum atomic E-state index is 0.596. The van der Waals surface area contributed by atoms with E-state index in [9.17, 15) is 10.5 Å². The molecule has 5 heteroatoms. The van der Waals surface area contributed by atoms with Crippen molar-refractivity contribution in [2.24, 2.45) is 0 Å². The van der Waals surface area contributed by atoms with E-state index in [1.165, 1.54) is 10.8 Å². The molecule has 0 aliphatic carbocycles. The van der Waals surface area contributed by atoms with Crippen LogP contribution in [0.2, 0.25) is 0 Å². The number of nitrogens with zero attached hydrogens (tertiary/aromatic N) is 5. The van der Waals surface area contributed by atoms with Crippen molar-refractivity contribution in [3.8, 4) is 40.3 Å². The van der Waals surface area contributed by atoms with Crippen LogP contribution in [0.15, 0.2) is 176 Å². The number of hydrogen-bond acceptors (Lipinski definition) is 2. The minimum Gasteiger partial charge on any atom is -0.309 e. The van der Waals surface area contributed by atoms with E-state index in [0.717, 1.165) is 82.8 Å². The first-order valence-corrected chi connectivity index (χ1v) is 18.3. The number of fused-ring (bicyclic) bond motifs is 9. The number of hydrogen-bond donors (Lipinski definition) is 0. The van der Waals surface area contributed by atoms with E-state index in [0.29, 0.717) is 11.1 Å². The maximum atomic E-state index is 10.2. The van der Waals surface area contributed by atoms with Gasteiger partial charge in [-0.25, -0.2) is 0 Å². The third-order valence-corrected chi connectivity index (χ3v) is 11.1. The van der Waals surface area contributed by atoms with Crippen LogP contribution in [0.3, 0.4) is 0 Å². The summed E-state index contributed by atoms with van der Waals surface area (Å²) >= 11 is 0. The molecule has 254 valence electrons. The normalized spacial score (nSPS) is 11.6. The second-order valence-electron chi connectivity index (χ2n) is 14.0. The number of rotatable bonds is 4. The van der Waals surface area contributed by atoms with Gasteiger partial charge < -0.3 is 13.7 Å². The minimum absolute atomic E-state index is 0.596. The van der Waals surface area contributed by atoms with Gasteiger partial charge in [-0.05, 0) is 78.4 Å². The van der Waals surface area contributed by atoms with Crippen LogP contribution >= 0.6 is 0 Å². The van der Waals surface area contributed by atoms with E-state index in [2.05, 4.69) is 165 Å². The molecule has 0 fully saturated rings. The zero-order valence-electron chi connectivity index (χ0n) is 29.5. The Labute approximate surface area is 316 Å². The Balaban J connectivity index is 1.13. The molecule has 8 aromatic carbocycles. The fraction of sp³-hybridized carbons (Fsp3) is 0. The largest absolute Gasteiger partial charge is 0.309 e. The smallest absolute Gasteiger partial charge is 0.0998 e. The standard InChI is InChI=1S/C50H29N5/c51-30-32-20-26-37(33-21-23-35(24-22-33)53-46-18-8-4-14-42(46)50-34(31-52)10-9-19-47(50)53)48(28-32)55-45-17-7-3-13-40(45)41-27-25-36(29-49(41)55)54-43-15-5-1-11-38(43)39-12-2-6-16-44(39)54/h1-29H. The van der Waals surface area contributed by atoms with Gasteiger partial charge in [0.2, 0.25) is 0 Å². The van der Waals surface area contributed by atoms with Gasteiger partial charge in [0.15, 0.2) is 0 Å². The van der Waals surface area contributed by atoms with Gasteiger partial charge in [0, 0.05) is 49.3 Å². The van der Waals surface area contributed by atoms with E-state index < -0.39 is 0 Å². The molecule has 0 radical (unpaired) electrons. The Morgan fingerprint density at radius 2 is 0.891 bits per heavy atom. The molecule has 55 heavy (non-hydrogen) atoms. The van der Waals surface area contributed by atoms with Crippen LogP contribution in [0.25, 0.3) is 93.6 Å². The fourth-order valence-electron chi connectivity index (χ4n) is 8.77. The molecule has 0 spiro atoms. The van der Waals surface area contributed by atoms with Crippen LogP contribution < -0.4 is 0 Å². The highest BCUT2D eigenvalue weighted by Gasteiger charge is 2.20. The number of aromatic nitrogens is 3. The molecular weight excluding hydrogens is 671 g/mol. The molecule has 0 aliphatic heterocycles. The second kappa shape index (κ2) is 11.8. The molecule has 0 unspecified atom stereocenters. The first-order valence-electron chi connectivity index (χ1n) is 18.3. The first-order chi connectivity index (χ1) is 27.2. The Kier molecular flexibility index (Phi) is 6.61. The molecule has 3 aromatic heterocycles. The molecular formula is C50H29N5. The van der Waals surface area contributed by atoms with Crippen LogP contribution in [0, 0.1) is 22.7 Å². The Morgan fingerprint density at radius 1 is 0.364 bits per heavy atom. The number of benzene rings is 8. The average molecular weight is 700 g/mol. The lowest BCUT2D eigenvalue weighted by molar-refractivity contribution is 1.15. The van der Waals surface area contributed by atoms with E-state index in [-0.39, 0.29) is 0 Å². The Bertz CT molecular complexity index is 3400. The Hall–Kier alpha value is -7.86. The van der Waals surface area contributed by atoms with Gasteiger partial charge >= 0.3 is 0 Å². The Morgan fingerprint density at radius 3 is 1.53 bits per heavy atom. The van der Waals surface area contributed by atoms with Crippen molar-refractivity contribution < 1.29 is 0 Å². The van der Waals surface area contributed by atoms with Crippen molar-refractivity contribution in [3.05, 3.63) is 187 Å². The highest BCUT2D eigenvalue weighted by Crippen LogP contribution is 2.40. The van der Waals surface area contributed by atoms with Crippen LogP contribution in [0.5, 0.6) is 0 Å². The topological polar surface area (TPSA) is 62.4 Å². The molecule has 0 atom stereocenters. The van der Waals surface area contributed by atoms with Crippen LogP contribution in [-0.2, 0) is 0 Å². The highest BCUT2D eigenvalue weighted by molar-refractivity contribution is 6.13. The van der Waals surface area contributed by atoms with Gasteiger partial charge in [-0.15, -0.1) is 0 Å². The molecule has 0 saturated heterocycles. The van der Waals surface area contributed by atoms with Crippen LogP contribution in [0.4, 0.5) is 0 Å². The summed E-state index contributed by atoms with van der Waals surface area (Å²) in [6.45, 7) is 0. The summed E-state index contributed by atoms with van der Waals surface area (Å²) in [5.74, 6) is 0. The third kappa shape index (κ3) is 4.45. The summed E-state index contributed by atoms with van der Waals surface area (Å²) in [6.07, 6.45) is 0. The quantitative estimate of drug-likeness (QED) is 0.184. The lowest BCUT2D eigenvalue weighted by atomic mass is 10.0. The van der Waals surface area contributed by atoms with Crippen molar-refractivity contribution in [1.29, 1.82) is 10.5 Å².